The summed E-state index contributed by atoms with van der Waals surface area (Å²) in [6.45, 7) is 1.91. The molecule has 1 atom stereocenters. The highest BCUT2D eigenvalue weighted by Gasteiger charge is 2.09. The average molecular weight is 285 g/mol. The van der Waals surface area contributed by atoms with Crippen LogP contribution in [0.25, 0.3) is 11.0 Å². The molecule has 0 amide bonds. The van der Waals surface area contributed by atoms with Crippen LogP contribution in [-0.2, 0) is 0 Å². The normalized spacial score (nSPS) is 12.4. The van der Waals surface area contributed by atoms with Crippen molar-refractivity contribution in [1.82, 2.24) is 9.97 Å². The molecular formula is C15H15N3O3. The largest absolute Gasteiger partial charge is 0.508 e. The van der Waals surface area contributed by atoms with Crippen molar-refractivity contribution >= 4 is 16.7 Å². The van der Waals surface area contributed by atoms with Gasteiger partial charge in [0.2, 0.25) is 0 Å². The summed E-state index contributed by atoms with van der Waals surface area (Å²) in [7, 11) is 0. The Morgan fingerprint density at radius 2 is 1.67 bits per heavy atom. The molecule has 1 unspecified atom stereocenters. The second-order valence-corrected chi connectivity index (χ2v) is 4.99. The molecule has 6 heteroatoms. The molecule has 108 valence electrons. The van der Waals surface area contributed by atoms with E-state index in [1.54, 1.807) is 12.1 Å². The van der Waals surface area contributed by atoms with Crippen LogP contribution in [0.4, 0.5) is 5.69 Å². The van der Waals surface area contributed by atoms with Crippen LogP contribution in [0.5, 0.6) is 11.5 Å². The van der Waals surface area contributed by atoms with E-state index in [0.29, 0.717) is 0 Å². The Hall–Kier alpha value is -2.89. The van der Waals surface area contributed by atoms with E-state index in [4.69, 9.17) is 0 Å². The van der Waals surface area contributed by atoms with E-state index >= 15 is 0 Å². The van der Waals surface area contributed by atoms with Crippen molar-refractivity contribution < 1.29 is 10.2 Å². The molecule has 0 fully saturated rings. The van der Waals surface area contributed by atoms with E-state index in [0.717, 1.165) is 22.3 Å². The molecule has 1 heterocycles. The number of hydrogen-bond acceptors (Lipinski definition) is 4. The fourth-order valence-corrected chi connectivity index (χ4v) is 2.32. The fraction of sp³-hybridized carbons (Fsp3) is 0.133. The van der Waals surface area contributed by atoms with Crippen LogP contribution in [0.2, 0.25) is 0 Å². The molecule has 0 bridgehead atoms. The summed E-state index contributed by atoms with van der Waals surface area (Å²) >= 11 is 0. The lowest BCUT2D eigenvalue weighted by Crippen LogP contribution is -2.06. The number of imidazole rings is 1. The summed E-state index contributed by atoms with van der Waals surface area (Å²) in [5.41, 5.74) is 2.81. The Morgan fingerprint density at radius 3 is 2.38 bits per heavy atom. The van der Waals surface area contributed by atoms with Crippen LogP contribution in [0.1, 0.15) is 18.5 Å². The first-order valence-corrected chi connectivity index (χ1v) is 6.53. The minimum Gasteiger partial charge on any atom is -0.508 e. The van der Waals surface area contributed by atoms with Gasteiger partial charge in [-0.1, -0.05) is 0 Å². The Kier molecular flexibility index (Phi) is 3.06. The van der Waals surface area contributed by atoms with Gasteiger partial charge in [-0.05, 0) is 42.8 Å². The monoisotopic (exact) mass is 285 g/mol. The molecule has 0 saturated carbocycles. The predicted octanol–water partition coefficient (Wildman–Crippen LogP) is 2.44. The van der Waals surface area contributed by atoms with E-state index in [1.165, 1.54) is 6.07 Å². The van der Waals surface area contributed by atoms with Crippen molar-refractivity contribution in [2.24, 2.45) is 0 Å². The highest BCUT2D eigenvalue weighted by atomic mass is 16.3. The minimum atomic E-state index is -0.242. The molecule has 0 aliphatic carbocycles. The summed E-state index contributed by atoms with van der Waals surface area (Å²) < 4.78 is 0. The van der Waals surface area contributed by atoms with Crippen molar-refractivity contribution in [3.63, 3.8) is 0 Å². The lowest BCUT2D eigenvalue weighted by Gasteiger charge is -2.16. The molecule has 6 nitrogen and oxygen atoms in total. The zero-order chi connectivity index (χ0) is 15.0. The van der Waals surface area contributed by atoms with Crippen molar-refractivity contribution in [1.29, 1.82) is 0 Å². The summed E-state index contributed by atoms with van der Waals surface area (Å²) in [6.07, 6.45) is 0. The molecule has 0 aliphatic rings. The standard InChI is InChI=1S/C15H15N3O3/c1-8(9-4-11(19)7-12(20)5-9)16-10-2-3-13-14(6-10)18-15(21)17-13/h2-8,16,19-20H,1H3,(H2,17,18,21). The van der Waals surface area contributed by atoms with Gasteiger partial charge in [0.25, 0.3) is 0 Å². The van der Waals surface area contributed by atoms with E-state index in [1.807, 2.05) is 25.1 Å². The zero-order valence-corrected chi connectivity index (χ0v) is 11.3. The van der Waals surface area contributed by atoms with Gasteiger partial charge in [0.05, 0.1) is 11.0 Å². The lowest BCUT2D eigenvalue weighted by molar-refractivity contribution is 0.448. The van der Waals surface area contributed by atoms with Crippen LogP contribution in [0.15, 0.2) is 41.2 Å². The topological polar surface area (TPSA) is 101 Å². The Morgan fingerprint density at radius 1 is 1.00 bits per heavy atom. The minimum absolute atomic E-state index is 0.0177. The van der Waals surface area contributed by atoms with Gasteiger partial charge in [-0.15, -0.1) is 0 Å². The maximum Gasteiger partial charge on any atom is 0.323 e. The van der Waals surface area contributed by atoms with Gasteiger partial charge in [0, 0.05) is 17.8 Å². The number of hydrogen-bond donors (Lipinski definition) is 5. The Balaban J connectivity index is 1.88. The van der Waals surface area contributed by atoms with E-state index in [9.17, 15) is 15.0 Å². The number of fused-ring (bicyclic) bond motifs is 1. The molecule has 5 N–H and O–H groups in total. The highest BCUT2D eigenvalue weighted by Crippen LogP contribution is 2.27. The van der Waals surface area contributed by atoms with Crippen molar-refractivity contribution in [3.8, 4) is 11.5 Å². The zero-order valence-electron chi connectivity index (χ0n) is 11.3. The van der Waals surface area contributed by atoms with Gasteiger partial charge < -0.3 is 25.5 Å². The Labute approximate surface area is 120 Å². The van der Waals surface area contributed by atoms with Crippen LogP contribution in [0.3, 0.4) is 0 Å². The number of aromatic amines is 2. The van der Waals surface area contributed by atoms with Gasteiger partial charge in [-0.3, -0.25) is 0 Å². The van der Waals surface area contributed by atoms with E-state index in [2.05, 4.69) is 15.3 Å². The molecule has 0 aliphatic heterocycles. The first-order valence-electron chi connectivity index (χ1n) is 6.53. The quantitative estimate of drug-likeness (QED) is 0.510. The first-order chi connectivity index (χ1) is 10.0. The maximum absolute atomic E-state index is 11.2. The molecule has 3 aromatic rings. The maximum atomic E-state index is 11.2. The summed E-state index contributed by atoms with van der Waals surface area (Å²) in [5.74, 6) is 0.0353. The second-order valence-electron chi connectivity index (χ2n) is 4.99. The third kappa shape index (κ3) is 2.69. The number of aromatic nitrogens is 2. The smallest absolute Gasteiger partial charge is 0.323 e. The summed E-state index contributed by atoms with van der Waals surface area (Å²) in [5, 5.41) is 22.3. The lowest BCUT2D eigenvalue weighted by atomic mass is 10.1. The number of aromatic hydroxyl groups is 2. The molecule has 3 rings (SSSR count). The van der Waals surface area contributed by atoms with Gasteiger partial charge >= 0.3 is 5.69 Å². The van der Waals surface area contributed by atoms with Gasteiger partial charge in [-0.25, -0.2) is 4.79 Å². The first kappa shape index (κ1) is 13.1. The van der Waals surface area contributed by atoms with Gasteiger partial charge in [0.1, 0.15) is 11.5 Å². The third-order valence-electron chi connectivity index (χ3n) is 3.32. The second kappa shape index (κ2) is 4.90. The number of rotatable bonds is 3. The molecule has 0 saturated heterocycles. The number of anilines is 1. The number of benzene rings is 2. The molecule has 1 aromatic heterocycles. The molecule has 2 aromatic carbocycles. The van der Waals surface area contributed by atoms with Crippen molar-refractivity contribution in [2.75, 3.05) is 5.32 Å². The van der Waals surface area contributed by atoms with E-state index < -0.39 is 0 Å². The highest BCUT2D eigenvalue weighted by molar-refractivity contribution is 5.78. The van der Waals surface area contributed by atoms with Gasteiger partial charge in [0.15, 0.2) is 0 Å². The number of nitrogens with one attached hydrogen (secondary N) is 3. The number of phenols is 2. The molecule has 0 spiro atoms. The summed E-state index contributed by atoms with van der Waals surface area (Å²) in [6, 6.07) is 9.83. The fourth-order valence-electron chi connectivity index (χ4n) is 2.32. The number of H-pyrrole nitrogens is 2. The Bertz CT molecular complexity index is 830. The number of phenolic OH excluding ortho intramolecular Hbond substituents is 2. The molecule has 0 radical (unpaired) electrons. The van der Waals surface area contributed by atoms with Crippen LogP contribution in [0, 0.1) is 0 Å². The molecular weight excluding hydrogens is 270 g/mol. The third-order valence-corrected chi connectivity index (χ3v) is 3.32. The average Bonchev–Trinajstić information content (AvgIpc) is 2.77. The van der Waals surface area contributed by atoms with Crippen molar-refractivity contribution in [3.05, 3.63) is 52.4 Å². The predicted molar refractivity (Wildman–Crippen MR) is 80.7 cm³/mol. The summed E-state index contributed by atoms with van der Waals surface area (Å²) in [4.78, 5) is 16.6. The SMILES string of the molecule is CC(Nc1ccc2[nH]c(=O)[nH]c2c1)c1cc(O)cc(O)c1. The molecule has 21 heavy (non-hydrogen) atoms. The van der Waals surface area contributed by atoms with E-state index in [-0.39, 0.29) is 23.2 Å². The van der Waals surface area contributed by atoms with Gasteiger partial charge in [-0.2, -0.15) is 0 Å². The van der Waals surface area contributed by atoms with Crippen LogP contribution in [-0.4, -0.2) is 20.2 Å². The van der Waals surface area contributed by atoms with Crippen molar-refractivity contribution in [2.45, 2.75) is 13.0 Å². The van der Waals surface area contributed by atoms with Crippen LogP contribution < -0.4 is 11.0 Å². The van der Waals surface area contributed by atoms with Crippen LogP contribution >= 0.6 is 0 Å².